The number of esters is 2. The second-order valence-corrected chi connectivity index (χ2v) is 5.38. The highest BCUT2D eigenvalue weighted by Crippen LogP contribution is 2.26. The van der Waals surface area contributed by atoms with Crippen molar-refractivity contribution in [2.75, 3.05) is 32.0 Å². The van der Waals surface area contributed by atoms with Crippen LogP contribution in [0.5, 0.6) is 0 Å². The summed E-state index contributed by atoms with van der Waals surface area (Å²) in [5, 5.41) is 0.321. The van der Waals surface area contributed by atoms with E-state index >= 15 is 0 Å². The molecule has 2 N–H and O–H groups in total. The predicted molar refractivity (Wildman–Crippen MR) is 89.4 cm³/mol. The Balaban J connectivity index is 2.80. The van der Waals surface area contributed by atoms with Crippen LogP contribution in [0.4, 0.5) is 5.69 Å². The number of benzene rings is 1. The van der Waals surface area contributed by atoms with Crippen LogP contribution in [0.1, 0.15) is 36.7 Å². The van der Waals surface area contributed by atoms with E-state index < -0.39 is 11.9 Å². The van der Waals surface area contributed by atoms with Gasteiger partial charge in [0.15, 0.2) is 0 Å². The Labute approximate surface area is 141 Å². The maximum atomic E-state index is 12.1. The topological polar surface area (TPSA) is 81.9 Å². The summed E-state index contributed by atoms with van der Waals surface area (Å²) >= 11 is 6.12. The first-order chi connectivity index (χ1) is 10.9. The second-order valence-electron chi connectivity index (χ2n) is 4.97. The molecule has 0 atom stereocenters. The lowest BCUT2D eigenvalue weighted by Gasteiger charge is -2.20. The first-order valence-electron chi connectivity index (χ1n) is 7.49. The van der Waals surface area contributed by atoms with Gasteiger partial charge in [-0.15, -0.1) is 0 Å². The van der Waals surface area contributed by atoms with Gasteiger partial charge in [0, 0.05) is 13.5 Å². The monoisotopic (exact) mass is 342 g/mol. The summed E-state index contributed by atoms with van der Waals surface area (Å²) in [7, 11) is 0. The van der Waals surface area contributed by atoms with E-state index in [-0.39, 0.29) is 13.2 Å². The summed E-state index contributed by atoms with van der Waals surface area (Å²) in [6.45, 7) is 7.74. The number of halogens is 1. The van der Waals surface area contributed by atoms with E-state index in [0.717, 1.165) is 18.7 Å². The average molecular weight is 343 g/mol. The van der Waals surface area contributed by atoms with Crippen molar-refractivity contribution in [1.82, 2.24) is 4.90 Å². The molecule has 0 radical (unpaired) electrons. The molecule has 0 saturated carbocycles. The van der Waals surface area contributed by atoms with Gasteiger partial charge in [0.2, 0.25) is 0 Å². The van der Waals surface area contributed by atoms with Gasteiger partial charge in [-0.1, -0.05) is 25.4 Å². The molecule has 1 aromatic carbocycles. The smallest absolute Gasteiger partial charge is 0.338 e. The van der Waals surface area contributed by atoms with Crippen LogP contribution >= 0.6 is 11.6 Å². The summed E-state index contributed by atoms with van der Waals surface area (Å²) in [5.74, 6) is -0.946. The molecule has 7 heteroatoms. The van der Waals surface area contributed by atoms with Gasteiger partial charge >= 0.3 is 11.9 Å². The van der Waals surface area contributed by atoms with Crippen LogP contribution in [-0.4, -0.2) is 43.1 Å². The van der Waals surface area contributed by atoms with Crippen molar-refractivity contribution in [2.45, 2.75) is 27.3 Å². The summed E-state index contributed by atoms with van der Waals surface area (Å²) in [6.07, 6.45) is 0. The first kappa shape index (κ1) is 19.3. The molecule has 0 aliphatic carbocycles. The molecule has 0 aliphatic rings. The van der Waals surface area contributed by atoms with E-state index in [0.29, 0.717) is 22.8 Å². The SMILES string of the molecule is CCN(CC)Cc1cc(C(=O)OCCOC(C)=O)cc(Cl)c1N. The van der Waals surface area contributed by atoms with E-state index in [9.17, 15) is 9.59 Å². The third-order valence-corrected chi connectivity index (χ3v) is 3.67. The van der Waals surface area contributed by atoms with Gasteiger partial charge in [0.05, 0.1) is 16.3 Å². The maximum Gasteiger partial charge on any atom is 0.338 e. The lowest BCUT2D eigenvalue weighted by Crippen LogP contribution is -2.23. The number of ether oxygens (including phenoxy) is 2. The minimum Gasteiger partial charge on any atom is -0.462 e. The number of nitrogens with zero attached hydrogens (tertiary/aromatic N) is 1. The van der Waals surface area contributed by atoms with Crippen LogP contribution in [0.15, 0.2) is 12.1 Å². The number of rotatable bonds is 8. The fourth-order valence-corrected chi connectivity index (χ4v) is 2.25. The Kier molecular flexibility index (Phi) is 7.85. The molecular formula is C16H23ClN2O4. The highest BCUT2D eigenvalue weighted by Gasteiger charge is 2.15. The largest absolute Gasteiger partial charge is 0.462 e. The summed E-state index contributed by atoms with van der Waals surface area (Å²) in [6, 6.07) is 3.17. The third kappa shape index (κ3) is 6.08. The molecule has 0 aliphatic heterocycles. The van der Waals surface area contributed by atoms with Gasteiger partial charge in [0.1, 0.15) is 13.2 Å². The van der Waals surface area contributed by atoms with Crippen LogP contribution in [-0.2, 0) is 20.8 Å². The lowest BCUT2D eigenvalue weighted by atomic mass is 10.1. The molecule has 1 rings (SSSR count). The van der Waals surface area contributed by atoms with Crippen molar-refractivity contribution in [3.63, 3.8) is 0 Å². The Bertz CT molecular complexity index is 559. The zero-order valence-corrected chi connectivity index (χ0v) is 14.5. The van der Waals surface area contributed by atoms with Crippen molar-refractivity contribution in [1.29, 1.82) is 0 Å². The predicted octanol–water partition coefficient (Wildman–Crippen LogP) is 2.48. The molecule has 0 spiro atoms. The van der Waals surface area contributed by atoms with Crippen molar-refractivity contribution in [3.05, 3.63) is 28.3 Å². The molecule has 23 heavy (non-hydrogen) atoms. The van der Waals surface area contributed by atoms with Crippen LogP contribution in [0.3, 0.4) is 0 Å². The first-order valence-corrected chi connectivity index (χ1v) is 7.87. The second kappa shape index (κ2) is 9.37. The summed E-state index contributed by atoms with van der Waals surface area (Å²) in [5.41, 5.74) is 7.58. The maximum absolute atomic E-state index is 12.1. The Hall–Kier alpha value is -1.79. The molecule has 0 unspecified atom stereocenters. The van der Waals surface area contributed by atoms with Gasteiger partial charge in [0.25, 0.3) is 0 Å². The third-order valence-electron chi connectivity index (χ3n) is 3.36. The molecule has 0 fully saturated rings. The van der Waals surface area contributed by atoms with Crippen molar-refractivity contribution < 1.29 is 19.1 Å². The molecule has 0 heterocycles. The van der Waals surface area contributed by atoms with Crippen LogP contribution < -0.4 is 5.73 Å². The lowest BCUT2D eigenvalue weighted by molar-refractivity contribution is -0.142. The number of nitrogens with two attached hydrogens (primary N) is 1. The van der Waals surface area contributed by atoms with Crippen molar-refractivity contribution >= 4 is 29.2 Å². The number of nitrogen functional groups attached to an aromatic ring is 1. The number of carbonyl (C=O) groups is 2. The minimum absolute atomic E-state index is 0.00815. The highest BCUT2D eigenvalue weighted by atomic mass is 35.5. The van der Waals surface area contributed by atoms with Crippen molar-refractivity contribution in [2.24, 2.45) is 0 Å². The van der Waals surface area contributed by atoms with Gasteiger partial charge in [-0.05, 0) is 30.8 Å². The number of hydrogen-bond donors (Lipinski definition) is 1. The van der Waals surface area contributed by atoms with E-state index in [4.69, 9.17) is 26.8 Å². The van der Waals surface area contributed by atoms with Crippen molar-refractivity contribution in [3.8, 4) is 0 Å². The number of carbonyl (C=O) groups excluding carboxylic acids is 2. The highest BCUT2D eigenvalue weighted by molar-refractivity contribution is 6.33. The molecule has 6 nitrogen and oxygen atoms in total. The van der Waals surface area contributed by atoms with E-state index in [1.807, 2.05) is 0 Å². The van der Waals surface area contributed by atoms with E-state index in [1.165, 1.54) is 13.0 Å². The molecule has 0 bridgehead atoms. The minimum atomic E-state index is -0.528. The standard InChI is InChI=1S/C16H23ClN2O4/c1-4-19(5-2)10-13-8-12(9-14(17)15(13)18)16(21)23-7-6-22-11(3)20/h8-9H,4-7,10,18H2,1-3H3. The molecule has 0 aromatic heterocycles. The Morgan fingerprint density at radius 2 is 1.78 bits per heavy atom. The molecule has 0 amide bonds. The Morgan fingerprint density at radius 1 is 1.17 bits per heavy atom. The quantitative estimate of drug-likeness (QED) is 0.444. The fraction of sp³-hybridized carbons (Fsp3) is 0.500. The number of anilines is 1. The van der Waals surface area contributed by atoms with Crippen LogP contribution in [0.25, 0.3) is 0 Å². The Morgan fingerprint density at radius 3 is 2.35 bits per heavy atom. The van der Waals surface area contributed by atoms with Gasteiger partial charge < -0.3 is 15.2 Å². The number of hydrogen-bond acceptors (Lipinski definition) is 6. The van der Waals surface area contributed by atoms with Gasteiger partial charge in [-0.25, -0.2) is 4.79 Å². The molecule has 1 aromatic rings. The molecular weight excluding hydrogens is 320 g/mol. The fourth-order valence-electron chi connectivity index (χ4n) is 2.01. The molecule has 0 saturated heterocycles. The van der Waals surface area contributed by atoms with E-state index in [1.54, 1.807) is 6.07 Å². The van der Waals surface area contributed by atoms with E-state index in [2.05, 4.69) is 18.7 Å². The molecule has 128 valence electrons. The summed E-state index contributed by atoms with van der Waals surface area (Å²) < 4.78 is 9.76. The van der Waals surface area contributed by atoms with Gasteiger partial charge in [-0.3, -0.25) is 9.69 Å². The van der Waals surface area contributed by atoms with Crippen LogP contribution in [0.2, 0.25) is 5.02 Å². The zero-order valence-electron chi connectivity index (χ0n) is 13.7. The van der Waals surface area contributed by atoms with Crippen LogP contribution in [0, 0.1) is 0 Å². The zero-order chi connectivity index (χ0) is 17.4. The van der Waals surface area contributed by atoms with Gasteiger partial charge in [-0.2, -0.15) is 0 Å². The summed E-state index contributed by atoms with van der Waals surface area (Å²) in [4.78, 5) is 24.9. The average Bonchev–Trinajstić information content (AvgIpc) is 2.52. The normalized spacial score (nSPS) is 10.7.